The van der Waals surface area contributed by atoms with E-state index in [1.165, 1.54) is 25.7 Å². The average Bonchev–Trinajstić information content (AvgIpc) is 1.57. The molecule has 14 N–H and O–H groups in total. The summed E-state index contributed by atoms with van der Waals surface area (Å²) in [5.41, 5.74) is 1.41. The second-order valence-electron chi connectivity index (χ2n) is 32.4. The van der Waals surface area contributed by atoms with Crippen molar-refractivity contribution >= 4 is 35.4 Å². The molecule has 6 saturated heterocycles. The Bertz CT molecular complexity index is 3440. The number of carbonyl (C=O) groups excluding carboxylic acids is 6. The van der Waals surface area contributed by atoms with Crippen LogP contribution in [0.1, 0.15) is 95.6 Å². The van der Waals surface area contributed by atoms with Crippen LogP contribution in [0.5, 0.6) is 0 Å². The number of primary amides is 1. The number of aromatic nitrogens is 9. The summed E-state index contributed by atoms with van der Waals surface area (Å²) in [6, 6.07) is -3.59. The first kappa shape index (κ1) is 107. The second kappa shape index (κ2) is 57.1. The van der Waals surface area contributed by atoms with E-state index in [0.29, 0.717) is 75.2 Å². The van der Waals surface area contributed by atoms with Gasteiger partial charge in [0.1, 0.15) is 94.2 Å². The topological polar surface area (TPSA) is 628 Å². The van der Waals surface area contributed by atoms with Gasteiger partial charge in [0.2, 0.25) is 35.4 Å². The molecule has 15 atom stereocenters. The third kappa shape index (κ3) is 34.8. The lowest BCUT2D eigenvalue weighted by molar-refractivity contribution is -0.238. The van der Waals surface area contributed by atoms with Crippen molar-refractivity contribution in [3.05, 3.63) is 35.7 Å². The van der Waals surface area contributed by atoms with Crippen molar-refractivity contribution in [2.24, 2.45) is 5.73 Å². The lowest BCUT2D eigenvalue weighted by Gasteiger charge is -2.42. The molecule has 0 spiro atoms. The van der Waals surface area contributed by atoms with Crippen LogP contribution >= 0.6 is 0 Å². The summed E-state index contributed by atoms with van der Waals surface area (Å²) in [7, 11) is 0. The van der Waals surface area contributed by atoms with E-state index in [1.807, 2.05) is 0 Å². The lowest BCUT2D eigenvalue weighted by Crippen LogP contribution is -2.66. The average molecular weight is 1870 g/mol. The highest BCUT2D eigenvalue weighted by molar-refractivity contribution is 5.77. The zero-order chi connectivity index (χ0) is 93.0. The highest BCUT2D eigenvalue weighted by Gasteiger charge is 2.62. The van der Waals surface area contributed by atoms with Crippen LogP contribution in [0.4, 0.5) is 0 Å². The number of nitrogens with zero attached hydrogens (tertiary/aromatic N) is 10. The van der Waals surface area contributed by atoms with Gasteiger partial charge in [-0.1, -0.05) is 28.5 Å². The van der Waals surface area contributed by atoms with Crippen molar-refractivity contribution in [1.29, 1.82) is 0 Å². The standard InChI is InChI=1S/C80H135N15O35/c1-55(98)82-65-68(104)71(107)78(52-125-74(65)128-78)49-119-35-32-116-29-26-113-23-20-110-17-14-92-38-58(86-89-92)43-122-46-77(85-63(102)11-7-5-9-13-95(61(41-96)42-97)64(103)12-8-4-6-10-62(81)101,47-123-44-59-39-93(90-87-59)15-18-111-21-24-114-27-30-117-33-36-120-50-79-53-126-75(129-79)66(83-56(2)99)69(105)72(79)108)48-124-45-60-40-94(91-88-60)16-19-112-22-25-115-28-31-118-34-37-121-51-80-54-127-76(130-80)67(84-57(3)100)70(106)73(80)109/h38-40,61,65-76,96-97,104-109H,4-37,41-54H2,1-3H3,(H2,81,101)(H,82,98)(H,83,99)(H,84,100)(H,85,102)/t65-,66-,67-,68-,69-,70-,71-,72-,73-,74+,75+,76+,78+,79+,80+/m1/s1. The summed E-state index contributed by atoms with van der Waals surface area (Å²) < 4.78 is 127. The van der Waals surface area contributed by atoms with Crippen molar-refractivity contribution < 1.29 is 169 Å². The van der Waals surface area contributed by atoms with Crippen LogP contribution in [0.2, 0.25) is 0 Å². The van der Waals surface area contributed by atoms with Crippen molar-refractivity contribution in [2.45, 2.75) is 220 Å². The molecule has 6 bridgehead atoms. The van der Waals surface area contributed by atoms with Gasteiger partial charge in [-0.05, 0) is 25.7 Å². The van der Waals surface area contributed by atoms with E-state index in [2.05, 4.69) is 52.2 Å². The van der Waals surface area contributed by atoms with E-state index in [-0.39, 0.29) is 256 Å². The summed E-state index contributed by atoms with van der Waals surface area (Å²) >= 11 is 0. The summed E-state index contributed by atoms with van der Waals surface area (Å²) in [6.45, 7) is 8.47. The Morgan fingerprint density at radius 3 is 1.05 bits per heavy atom. The number of amides is 6. The SMILES string of the molecule is CC(=O)N[C@H]1[C@H]2OC[C@](COCCOCCOCCOCCn3cc(COCC(COCc4cn(CCOCCOCCOCCOC[C@@]56CO[C@@H](O5)[C@H](NC(C)=O)[C@@H](O)[C@H]6O)nn4)(COCc4cn(CCOCCOCCOCCOC[C@@]56CO[C@@H](O5)[C@H](NC(C)=O)[C@@H](O)[C@H]6O)nn4)NC(=O)CCCCCN(C(=O)CCCCCC(N)=O)C(CO)CO)nn3)(O2)[C@H](O)[C@@H]1O. The van der Waals surface area contributed by atoms with E-state index < -0.39 is 139 Å². The van der Waals surface area contributed by atoms with Crippen molar-refractivity contribution in [1.82, 2.24) is 71.1 Å². The number of unbranched alkanes of at least 4 members (excludes halogenated alkanes) is 4. The Morgan fingerprint density at radius 1 is 0.431 bits per heavy atom. The summed E-state index contributed by atoms with van der Waals surface area (Å²) in [4.78, 5) is 75.4. The van der Waals surface area contributed by atoms with Gasteiger partial charge in [-0.25, -0.2) is 14.0 Å². The Balaban J connectivity index is 0.725. The monoisotopic (exact) mass is 1870 g/mol. The molecule has 3 aromatic heterocycles. The van der Waals surface area contributed by atoms with Gasteiger partial charge in [0.05, 0.1) is 276 Å². The maximum absolute atomic E-state index is 14.4. The maximum atomic E-state index is 14.4. The molecule has 6 aliphatic rings. The molecule has 0 aliphatic carbocycles. The van der Waals surface area contributed by atoms with Crippen LogP contribution in [0.3, 0.4) is 0 Å². The molecule has 50 heteroatoms. The molecule has 6 fully saturated rings. The Morgan fingerprint density at radius 2 is 0.731 bits per heavy atom. The molecule has 0 saturated carbocycles. The third-order valence-electron chi connectivity index (χ3n) is 21.8. The molecule has 9 heterocycles. The van der Waals surface area contributed by atoms with Gasteiger partial charge in [0, 0.05) is 46.6 Å². The van der Waals surface area contributed by atoms with Crippen LogP contribution in [-0.2, 0) is 168 Å². The second-order valence-corrected chi connectivity index (χ2v) is 32.4. The van der Waals surface area contributed by atoms with E-state index in [1.54, 1.807) is 32.6 Å². The number of carbonyl (C=O) groups is 6. The number of hydrogen-bond acceptors (Lipinski definition) is 41. The Hall–Kier alpha value is -6.92. The van der Waals surface area contributed by atoms with E-state index >= 15 is 0 Å². The minimum absolute atomic E-state index is 0.0254. The zero-order valence-electron chi connectivity index (χ0n) is 74.3. The first-order valence-corrected chi connectivity index (χ1v) is 44.1. The smallest absolute Gasteiger partial charge is 0.222 e. The molecule has 740 valence electrons. The number of nitrogens with two attached hydrogens (primary N) is 1. The lowest BCUT2D eigenvalue weighted by atomic mass is 9.88. The fourth-order valence-electron chi connectivity index (χ4n) is 15.0. The van der Waals surface area contributed by atoms with Gasteiger partial charge in [-0.15, -0.1) is 15.3 Å². The number of ether oxygens (including phenoxy) is 21. The number of rotatable bonds is 73. The molecular formula is C80H135N15O35. The highest BCUT2D eigenvalue weighted by atomic mass is 16.8. The molecular weight excluding hydrogens is 1730 g/mol. The van der Waals surface area contributed by atoms with Gasteiger partial charge < -0.3 is 172 Å². The fraction of sp³-hybridized carbons (Fsp3) is 0.850. The Kier molecular flexibility index (Phi) is 46.9. The van der Waals surface area contributed by atoms with Gasteiger partial charge in [0.15, 0.2) is 18.9 Å². The third-order valence-corrected chi connectivity index (χ3v) is 21.8. The largest absolute Gasteiger partial charge is 0.394 e. The van der Waals surface area contributed by atoms with E-state index in [0.717, 1.165) is 0 Å². The fourth-order valence-corrected chi connectivity index (χ4v) is 15.0. The molecule has 130 heavy (non-hydrogen) atoms. The number of aliphatic hydroxyl groups is 8. The Labute approximate surface area is 752 Å². The number of hydrogen-bond donors (Lipinski definition) is 13. The summed E-state index contributed by atoms with van der Waals surface area (Å²) in [5.74, 6) is -2.27. The van der Waals surface area contributed by atoms with Crippen LogP contribution in [-0.4, -0.2) is 446 Å². The van der Waals surface area contributed by atoms with E-state index in [4.69, 9.17) is 105 Å². The molecule has 0 radical (unpaired) electrons. The van der Waals surface area contributed by atoms with Gasteiger partial charge in [-0.2, -0.15) is 0 Å². The van der Waals surface area contributed by atoms with Crippen LogP contribution in [0.25, 0.3) is 0 Å². The molecule has 0 unspecified atom stereocenters. The first-order valence-electron chi connectivity index (χ1n) is 44.1. The highest BCUT2D eigenvalue weighted by Crippen LogP contribution is 2.40. The predicted molar refractivity (Wildman–Crippen MR) is 440 cm³/mol. The number of fused-ring (bicyclic) bond motifs is 6. The van der Waals surface area contributed by atoms with Crippen molar-refractivity contribution in [2.75, 3.05) is 218 Å². The molecule has 9 rings (SSSR count). The number of nitrogens with one attached hydrogen (secondary N) is 4. The van der Waals surface area contributed by atoms with Crippen LogP contribution in [0, 0.1) is 0 Å². The van der Waals surface area contributed by atoms with Crippen molar-refractivity contribution in [3.8, 4) is 0 Å². The quantitative estimate of drug-likeness (QED) is 0.0234. The maximum Gasteiger partial charge on any atom is 0.222 e. The first-order chi connectivity index (χ1) is 62.9. The molecule has 50 nitrogen and oxygen atoms in total. The van der Waals surface area contributed by atoms with Gasteiger partial charge in [-0.3, -0.25) is 28.8 Å². The normalized spacial score (nSPS) is 25.1. The van der Waals surface area contributed by atoms with Crippen molar-refractivity contribution in [3.63, 3.8) is 0 Å². The van der Waals surface area contributed by atoms with Crippen LogP contribution < -0.4 is 27.0 Å². The molecule has 3 aromatic rings. The number of aliphatic hydroxyl groups excluding tert-OH is 8. The zero-order valence-corrected chi connectivity index (χ0v) is 74.3. The predicted octanol–water partition coefficient (Wildman–Crippen LogP) is -7.30. The molecule has 6 amide bonds. The minimum atomic E-state index is -1.39. The minimum Gasteiger partial charge on any atom is -0.394 e. The summed E-state index contributed by atoms with van der Waals surface area (Å²) in [5, 5.41) is 121. The summed E-state index contributed by atoms with van der Waals surface area (Å²) in [6.07, 6.45) is -2.40. The van der Waals surface area contributed by atoms with Gasteiger partial charge >= 0.3 is 0 Å². The molecule has 0 aromatic carbocycles. The van der Waals surface area contributed by atoms with E-state index in [9.17, 15) is 69.6 Å². The van der Waals surface area contributed by atoms with Crippen LogP contribution in [0.15, 0.2) is 18.6 Å². The van der Waals surface area contributed by atoms with Gasteiger partial charge in [0.25, 0.3) is 0 Å². The molecule has 6 aliphatic heterocycles.